The Bertz CT molecular complexity index is 1100. The molecule has 1 fully saturated rings. The fourth-order valence-corrected chi connectivity index (χ4v) is 3.79. The number of nitro benzene ring substituents is 1. The van der Waals surface area contributed by atoms with Gasteiger partial charge in [0.05, 0.1) is 15.7 Å². The molecule has 9 heteroatoms. The first kappa shape index (κ1) is 23.0. The molecule has 1 saturated heterocycles. The summed E-state index contributed by atoms with van der Waals surface area (Å²) in [6, 6.07) is 11.0. The van der Waals surface area contributed by atoms with Crippen LogP contribution < -0.4 is 10.2 Å². The molecule has 0 bridgehead atoms. The minimum atomic E-state index is -1.08. The molecular weight excluding hydrogens is 414 g/mol. The van der Waals surface area contributed by atoms with E-state index < -0.39 is 17.4 Å². The van der Waals surface area contributed by atoms with Crippen LogP contribution in [-0.4, -0.2) is 53.3 Å². The van der Waals surface area contributed by atoms with Gasteiger partial charge in [0.25, 0.3) is 5.69 Å². The summed E-state index contributed by atoms with van der Waals surface area (Å²) >= 11 is 0. The second-order valence-electron chi connectivity index (χ2n) is 7.90. The average molecular weight is 439 g/mol. The van der Waals surface area contributed by atoms with Gasteiger partial charge in [-0.1, -0.05) is 36.4 Å². The Kier molecular flexibility index (Phi) is 6.89. The Morgan fingerprint density at radius 2 is 1.75 bits per heavy atom. The summed E-state index contributed by atoms with van der Waals surface area (Å²) in [7, 11) is 0. The van der Waals surface area contributed by atoms with Crippen LogP contribution in [0.1, 0.15) is 13.3 Å². The number of rotatable bonds is 4. The van der Waals surface area contributed by atoms with Crippen molar-refractivity contribution in [2.75, 3.05) is 31.1 Å². The minimum absolute atomic E-state index is 0.0359. The number of hydrogen-bond donors (Lipinski definition) is 3. The van der Waals surface area contributed by atoms with E-state index in [9.17, 15) is 19.7 Å². The molecule has 1 heterocycles. The summed E-state index contributed by atoms with van der Waals surface area (Å²) in [5.74, 6) is -2.06. The maximum atomic E-state index is 11.1. The number of nitrogens with zero attached hydrogens (tertiary/aromatic N) is 2. The smallest absolute Gasteiger partial charge is 0.331 e. The van der Waals surface area contributed by atoms with E-state index in [1.165, 1.54) is 25.2 Å². The van der Waals surface area contributed by atoms with Crippen molar-refractivity contribution in [1.29, 1.82) is 0 Å². The predicted molar refractivity (Wildman–Crippen MR) is 121 cm³/mol. The van der Waals surface area contributed by atoms with Crippen LogP contribution >= 0.6 is 0 Å². The number of carboxylic acids is 2. The molecule has 168 valence electrons. The van der Waals surface area contributed by atoms with Gasteiger partial charge in [0.2, 0.25) is 0 Å². The van der Waals surface area contributed by atoms with Crippen molar-refractivity contribution < 1.29 is 24.7 Å². The number of allylic oxidation sites excluding steroid dienone is 2. The maximum absolute atomic E-state index is 11.1. The lowest BCUT2D eigenvalue weighted by Gasteiger charge is -2.30. The number of fused-ring (bicyclic) bond motifs is 1. The predicted octanol–water partition coefficient (Wildman–Crippen LogP) is 3.21. The van der Waals surface area contributed by atoms with Gasteiger partial charge in [-0.15, -0.1) is 0 Å². The molecule has 2 aromatic rings. The van der Waals surface area contributed by atoms with E-state index in [-0.39, 0.29) is 22.6 Å². The average Bonchev–Trinajstić information content (AvgIpc) is 2.79. The number of carboxylic acid groups (broad SMARTS) is 2. The number of anilines is 1. The maximum Gasteiger partial charge on any atom is 0.331 e. The lowest BCUT2D eigenvalue weighted by Crippen LogP contribution is -2.43. The van der Waals surface area contributed by atoms with E-state index in [1.807, 2.05) is 30.3 Å². The molecular formula is C23H25N3O6. The number of benzene rings is 2. The number of carbonyl (C=O) groups is 2. The van der Waals surface area contributed by atoms with Crippen molar-refractivity contribution in [3.63, 3.8) is 0 Å². The molecule has 3 N–H and O–H groups in total. The van der Waals surface area contributed by atoms with Crippen LogP contribution in [0.2, 0.25) is 0 Å². The third-order valence-electron chi connectivity index (χ3n) is 5.61. The first-order valence-electron chi connectivity index (χ1n) is 10.2. The highest BCUT2D eigenvalue weighted by Crippen LogP contribution is 2.33. The van der Waals surface area contributed by atoms with Gasteiger partial charge < -0.3 is 20.4 Å². The van der Waals surface area contributed by atoms with Gasteiger partial charge in [0, 0.05) is 48.9 Å². The number of piperazine rings is 1. The van der Waals surface area contributed by atoms with Crippen LogP contribution in [0, 0.1) is 15.5 Å². The molecule has 1 atom stereocenters. The van der Waals surface area contributed by atoms with E-state index >= 15 is 0 Å². The van der Waals surface area contributed by atoms with Crippen molar-refractivity contribution in [3.05, 3.63) is 70.3 Å². The van der Waals surface area contributed by atoms with Gasteiger partial charge in [-0.2, -0.15) is 0 Å². The van der Waals surface area contributed by atoms with Crippen molar-refractivity contribution in [2.24, 2.45) is 5.41 Å². The molecule has 1 aliphatic heterocycles. The summed E-state index contributed by atoms with van der Waals surface area (Å²) < 4.78 is 0. The van der Waals surface area contributed by atoms with E-state index in [4.69, 9.17) is 10.2 Å². The lowest BCUT2D eigenvalue weighted by molar-refractivity contribution is -0.383. The quantitative estimate of drug-likeness (QED) is 0.489. The largest absolute Gasteiger partial charge is 0.481 e. The number of nitro groups is 1. The first-order valence-corrected chi connectivity index (χ1v) is 10.2. The lowest BCUT2D eigenvalue weighted by atomic mass is 9.80. The molecule has 4 rings (SSSR count). The molecule has 2 aliphatic rings. The zero-order valence-electron chi connectivity index (χ0n) is 17.7. The molecule has 0 aromatic heterocycles. The number of hydrogen-bond acceptors (Lipinski definition) is 6. The first-order chi connectivity index (χ1) is 15.2. The topological polar surface area (TPSA) is 133 Å². The van der Waals surface area contributed by atoms with E-state index in [1.54, 1.807) is 6.07 Å². The highest BCUT2D eigenvalue weighted by molar-refractivity contribution is 6.00. The SMILES string of the molecule is C[C@@]1(C(=O)O)C=CC=C(C(=O)O)C1.O=[N+]([O-])c1ccc(N2CCNCC2)c2ccccc12. The molecule has 0 radical (unpaired) electrons. The van der Waals surface area contributed by atoms with Crippen LogP contribution in [0.15, 0.2) is 60.2 Å². The van der Waals surface area contributed by atoms with Gasteiger partial charge in [-0.05, 0) is 25.5 Å². The molecule has 1 aliphatic carbocycles. The van der Waals surface area contributed by atoms with E-state index in [0.29, 0.717) is 5.39 Å². The number of aliphatic carboxylic acids is 2. The van der Waals surface area contributed by atoms with Gasteiger partial charge in [0.15, 0.2) is 0 Å². The monoisotopic (exact) mass is 439 g/mol. The zero-order chi connectivity index (χ0) is 23.3. The van der Waals surface area contributed by atoms with Gasteiger partial charge in [-0.25, -0.2) is 4.79 Å². The summed E-state index contributed by atoms with van der Waals surface area (Å²) in [5, 5.41) is 33.5. The van der Waals surface area contributed by atoms with Crippen molar-refractivity contribution in [3.8, 4) is 0 Å². The van der Waals surface area contributed by atoms with E-state index in [2.05, 4.69) is 10.2 Å². The zero-order valence-corrected chi connectivity index (χ0v) is 17.7. The fourth-order valence-electron chi connectivity index (χ4n) is 3.79. The summed E-state index contributed by atoms with van der Waals surface area (Å²) in [6.45, 7) is 5.27. The molecule has 0 spiro atoms. The Labute approximate surface area is 184 Å². The Morgan fingerprint density at radius 3 is 2.34 bits per heavy atom. The number of nitrogens with one attached hydrogen (secondary N) is 1. The van der Waals surface area contributed by atoms with Crippen LogP contribution in [0.25, 0.3) is 10.8 Å². The van der Waals surface area contributed by atoms with Crippen LogP contribution in [0.4, 0.5) is 11.4 Å². The second-order valence-corrected chi connectivity index (χ2v) is 7.90. The molecule has 2 aromatic carbocycles. The number of non-ortho nitro benzene ring substituents is 1. The highest BCUT2D eigenvalue weighted by atomic mass is 16.6. The molecule has 0 amide bonds. The fraction of sp³-hybridized carbons (Fsp3) is 0.304. The highest BCUT2D eigenvalue weighted by Gasteiger charge is 2.34. The van der Waals surface area contributed by atoms with Crippen LogP contribution in [-0.2, 0) is 9.59 Å². The van der Waals surface area contributed by atoms with Gasteiger partial charge in [-0.3, -0.25) is 14.9 Å². The molecule has 0 saturated carbocycles. The third kappa shape index (κ3) is 4.94. The van der Waals surface area contributed by atoms with E-state index in [0.717, 1.165) is 37.3 Å². The van der Waals surface area contributed by atoms with Gasteiger partial charge >= 0.3 is 11.9 Å². The van der Waals surface area contributed by atoms with Crippen LogP contribution in [0.5, 0.6) is 0 Å². The van der Waals surface area contributed by atoms with Crippen molar-refractivity contribution >= 4 is 34.1 Å². The second kappa shape index (κ2) is 9.61. The Hall–Kier alpha value is -3.72. The van der Waals surface area contributed by atoms with Crippen molar-refractivity contribution in [2.45, 2.75) is 13.3 Å². The van der Waals surface area contributed by atoms with Gasteiger partial charge in [0.1, 0.15) is 0 Å². The molecule has 0 unspecified atom stereocenters. The van der Waals surface area contributed by atoms with Crippen molar-refractivity contribution in [1.82, 2.24) is 5.32 Å². The normalized spacial score (nSPS) is 20.2. The standard InChI is InChI=1S/C14H15N3O2.C9H10O4/c18-17(19)14-6-5-13(16-9-7-15-8-10-16)11-3-1-2-4-12(11)14;1-9(8(12)13)4-2-3-6(5-9)7(10)11/h1-6,15H,7-10H2;2-4H,5H2,1H3,(H,10,11)(H,12,13)/t;9-/m.1/s1. The molecule has 32 heavy (non-hydrogen) atoms. The summed E-state index contributed by atoms with van der Waals surface area (Å²) in [4.78, 5) is 34.4. The molecule has 9 nitrogen and oxygen atoms in total. The minimum Gasteiger partial charge on any atom is -0.481 e. The van der Waals surface area contributed by atoms with Crippen LogP contribution in [0.3, 0.4) is 0 Å². The Morgan fingerprint density at radius 1 is 1.09 bits per heavy atom. The third-order valence-corrected chi connectivity index (χ3v) is 5.61. The summed E-state index contributed by atoms with van der Waals surface area (Å²) in [5.41, 5.74) is 0.312. The summed E-state index contributed by atoms with van der Waals surface area (Å²) in [6.07, 6.45) is 4.43. The Balaban J connectivity index is 0.000000195.